The molecule has 3 heteroatoms. The van der Waals surface area contributed by atoms with Crippen LogP contribution in [0.2, 0.25) is 0 Å². The minimum atomic E-state index is 0.525. The minimum Gasteiger partial charge on any atom is -0.340 e. The quantitative estimate of drug-likeness (QED) is 0.754. The fourth-order valence-electron chi connectivity index (χ4n) is 2.76. The van der Waals surface area contributed by atoms with E-state index >= 15 is 0 Å². The van der Waals surface area contributed by atoms with Gasteiger partial charge in [0.1, 0.15) is 5.82 Å². The van der Waals surface area contributed by atoms with Crippen molar-refractivity contribution < 1.29 is 0 Å². The number of rotatable bonds is 2. The van der Waals surface area contributed by atoms with Crippen molar-refractivity contribution in [3.63, 3.8) is 0 Å². The van der Waals surface area contributed by atoms with Crippen LogP contribution in [0.1, 0.15) is 35.2 Å². The Hall–Kier alpha value is -2.16. The van der Waals surface area contributed by atoms with Crippen molar-refractivity contribution >= 4 is 11.2 Å². The third-order valence-corrected chi connectivity index (χ3v) is 3.86. The van der Waals surface area contributed by atoms with Crippen molar-refractivity contribution in [1.29, 1.82) is 0 Å². The van der Waals surface area contributed by atoms with Crippen LogP contribution in [0.15, 0.2) is 42.6 Å². The standard InChI is InChI=1S/C16H15N3/c1-10-7-14-16(17-9-10)19-15(18-14)13-8-12(13)11-5-3-2-4-6-11/h2-7,9,12-13H,8H2,1H3,(H,17,18,19). The Kier molecular flexibility index (Phi) is 2.21. The Morgan fingerprint density at radius 1 is 1.16 bits per heavy atom. The van der Waals surface area contributed by atoms with Gasteiger partial charge in [-0.05, 0) is 36.5 Å². The number of pyridine rings is 1. The van der Waals surface area contributed by atoms with E-state index in [2.05, 4.69) is 58.3 Å². The molecule has 2 heterocycles. The summed E-state index contributed by atoms with van der Waals surface area (Å²) in [5, 5.41) is 0. The van der Waals surface area contributed by atoms with Crippen molar-refractivity contribution in [1.82, 2.24) is 15.0 Å². The number of aromatic amines is 1. The van der Waals surface area contributed by atoms with Crippen LogP contribution in [-0.2, 0) is 0 Å². The molecular formula is C16H15N3. The van der Waals surface area contributed by atoms with Gasteiger partial charge in [-0.3, -0.25) is 0 Å². The number of aromatic nitrogens is 3. The van der Waals surface area contributed by atoms with E-state index in [0.717, 1.165) is 22.6 Å². The maximum atomic E-state index is 4.62. The first-order valence-electron chi connectivity index (χ1n) is 6.68. The van der Waals surface area contributed by atoms with E-state index in [1.165, 1.54) is 12.0 Å². The van der Waals surface area contributed by atoms with Crippen LogP contribution in [0.3, 0.4) is 0 Å². The summed E-state index contributed by atoms with van der Waals surface area (Å²) in [4.78, 5) is 12.4. The molecular weight excluding hydrogens is 234 g/mol. The lowest BCUT2D eigenvalue weighted by Gasteiger charge is -1.97. The molecule has 3 aromatic rings. The minimum absolute atomic E-state index is 0.525. The van der Waals surface area contributed by atoms with E-state index in [9.17, 15) is 0 Å². The Morgan fingerprint density at radius 2 is 2.00 bits per heavy atom. The average Bonchev–Trinajstić information content (AvgIpc) is 3.13. The Labute approximate surface area is 111 Å². The molecule has 4 rings (SSSR count). The molecule has 0 spiro atoms. The predicted molar refractivity (Wildman–Crippen MR) is 75.2 cm³/mol. The SMILES string of the molecule is Cc1cnc2nc(C3CC3c3ccccc3)[nH]c2c1. The number of fused-ring (bicyclic) bond motifs is 1. The van der Waals surface area contributed by atoms with Crippen LogP contribution >= 0.6 is 0 Å². The molecule has 1 N–H and O–H groups in total. The van der Waals surface area contributed by atoms with Gasteiger partial charge in [0.2, 0.25) is 0 Å². The van der Waals surface area contributed by atoms with Crippen molar-refractivity contribution in [3.05, 3.63) is 59.5 Å². The molecule has 2 atom stereocenters. The second kappa shape index (κ2) is 3.92. The average molecular weight is 249 g/mol. The van der Waals surface area contributed by atoms with Gasteiger partial charge in [0, 0.05) is 12.1 Å². The number of aryl methyl sites for hydroxylation is 1. The maximum absolute atomic E-state index is 4.62. The number of benzene rings is 1. The van der Waals surface area contributed by atoms with Crippen molar-refractivity contribution in [3.8, 4) is 0 Å². The molecule has 1 aromatic carbocycles. The Morgan fingerprint density at radius 3 is 2.84 bits per heavy atom. The van der Waals surface area contributed by atoms with Gasteiger partial charge >= 0.3 is 0 Å². The van der Waals surface area contributed by atoms with Gasteiger partial charge in [-0.25, -0.2) is 9.97 Å². The molecule has 0 bridgehead atoms. The molecule has 0 aliphatic heterocycles. The molecule has 0 amide bonds. The topological polar surface area (TPSA) is 41.6 Å². The van der Waals surface area contributed by atoms with Crippen LogP contribution in [0.5, 0.6) is 0 Å². The lowest BCUT2D eigenvalue weighted by Crippen LogP contribution is -1.86. The van der Waals surface area contributed by atoms with Crippen LogP contribution in [0.25, 0.3) is 11.2 Å². The van der Waals surface area contributed by atoms with E-state index in [0.29, 0.717) is 11.8 Å². The summed E-state index contributed by atoms with van der Waals surface area (Å²) in [6.45, 7) is 2.05. The molecule has 2 unspecified atom stereocenters. The van der Waals surface area contributed by atoms with Gasteiger partial charge < -0.3 is 4.98 Å². The lowest BCUT2D eigenvalue weighted by molar-refractivity contribution is 0.936. The highest BCUT2D eigenvalue weighted by Crippen LogP contribution is 2.53. The molecule has 19 heavy (non-hydrogen) atoms. The lowest BCUT2D eigenvalue weighted by atomic mass is 10.1. The largest absolute Gasteiger partial charge is 0.340 e. The van der Waals surface area contributed by atoms with Crippen molar-refractivity contribution in [2.45, 2.75) is 25.2 Å². The molecule has 1 aliphatic rings. The summed E-state index contributed by atoms with van der Waals surface area (Å²) in [5.41, 5.74) is 4.46. The number of imidazole rings is 1. The number of hydrogen-bond donors (Lipinski definition) is 1. The van der Waals surface area contributed by atoms with Crippen LogP contribution < -0.4 is 0 Å². The number of nitrogens with zero attached hydrogens (tertiary/aromatic N) is 2. The van der Waals surface area contributed by atoms with Gasteiger partial charge in [-0.1, -0.05) is 30.3 Å². The van der Waals surface area contributed by atoms with Crippen molar-refractivity contribution in [2.75, 3.05) is 0 Å². The first-order valence-corrected chi connectivity index (χ1v) is 6.68. The predicted octanol–water partition coefficient (Wildman–Crippen LogP) is 3.54. The molecule has 0 saturated heterocycles. The zero-order chi connectivity index (χ0) is 12.8. The van der Waals surface area contributed by atoms with Gasteiger partial charge in [-0.2, -0.15) is 0 Å². The molecule has 94 valence electrons. The second-order valence-corrected chi connectivity index (χ2v) is 5.37. The summed E-state index contributed by atoms with van der Waals surface area (Å²) in [6.07, 6.45) is 3.05. The van der Waals surface area contributed by atoms with Gasteiger partial charge in [0.15, 0.2) is 5.65 Å². The smallest absolute Gasteiger partial charge is 0.177 e. The Bertz CT molecular complexity index is 730. The fourth-order valence-corrected chi connectivity index (χ4v) is 2.76. The fraction of sp³-hybridized carbons (Fsp3) is 0.250. The van der Waals surface area contributed by atoms with Crippen LogP contribution in [0, 0.1) is 6.92 Å². The zero-order valence-electron chi connectivity index (χ0n) is 10.8. The molecule has 1 saturated carbocycles. The first-order chi connectivity index (χ1) is 9.31. The summed E-state index contributed by atoms with van der Waals surface area (Å²) in [7, 11) is 0. The molecule has 1 aliphatic carbocycles. The molecule has 2 aromatic heterocycles. The normalized spacial score (nSPS) is 21.7. The van der Waals surface area contributed by atoms with E-state index in [4.69, 9.17) is 0 Å². The summed E-state index contributed by atoms with van der Waals surface area (Å²) in [5.74, 6) is 2.22. The van der Waals surface area contributed by atoms with Gasteiger partial charge in [-0.15, -0.1) is 0 Å². The Balaban J connectivity index is 1.66. The highest BCUT2D eigenvalue weighted by molar-refractivity contribution is 5.71. The number of hydrogen-bond acceptors (Lipinski definition) is 2. The van der Waals surface area contributed by atoms with Gasteiger partial charge in [0.05, 0.1) is 5.52 Å². The second-order valence-electron chi connectivity index (χ2n) is 5.37. The summed E-state index contributed by atoms with van der Waals surface area (Å²) < 4.78 is 0. The zero-order valence-corrected chi connectivity index (χ0v) is 10.8. The van der Waals surface area contributed by atoms with Crippen LogP contribution in [-0.4, -0.2) is 15.0 Å². The van der Waals surface area contributed by atoms with E-state index in [1.807, 2.05) is 6.20 Å². The van der Waals surface area contributed by atoms with E-state index < -0.39 is 0 Å². The monoisotopic (exact) mass is 249 g/mol. The molecule has 1 fully saturated rings. The third kappa shape index (κ3) is 1.82. The summed E-state index contributed by atoms with van der Waals surface area (Å²) in [6, 6.07) is 12.8. The molecule has 3 nitrogen and oxygen atoms in total. The maximum Gasteiger partial charge on any atom is 0.177 e. The first kappa shape index (κ1) is 10.7. The van der Waals surface area contributed by atoms with Crippen molar-refractivity contribution in [2.24, 2.45) is 0 Å². The van der Waals surface area contributed by atoms with Gasteiger partial charge in [0.25, 0.3) is 0 Å². The molecule has 0 radical (unpaired) electrons. The number of nitrogens with one attached hydrogen (secondary N) is 1. The van der Waals surface area contributed by atoms with E-state index in [1.54, 1.807) is 0 Å². The van der Waals surface area contributed by atoms with E-state index in [-0.39, 0.29) is 0 Å². The number of H-pyrrole nitrogens is 1. The van der Waals surface area contributed by atoms with Crippen LogP contribution in [0.4, 0.5) is 0 Å². The third-order valence-electron chi connectivity index (χ3n) is 3.86. The highest BCUT2D eigenvalue weighted by Gasteiger charge is 2.41. The summed E-state index contributed by atoms with van der Waals surface area (Å²) >= 11 is 0. The highest BCUT2D eigenvalue weighted by atomic mass is 15.0.